The van der Waals surface area contributed by atoms with Crippen molar-refractivity contribution in [3.05, 3.63) is 51.9 Å². The fraction of sp³-hybridized carbons (Fsp3) is 0.200. The van der Waals surface area contributed by atoms with Gasteiger partial charge in [0.15, 0.2) is 0 Å². The van der Waals surface area contributed by atoms with Crippen molar-refractivity contribution in [2.45, 2.75) is 6.92 Å². The van der Waals surface area contributed by atoms with Crippen LogP contribution in [-0.4, -0.2) is 11.7 Å². The molecule has 0 amide bonds. The van der Waals surface area contributed by atoms with E-state index >= 15 is 0 Å². The van der Waals surface area contributed by atoms with Crippen LogP contribution in [0.4, 0.5) is 0 Å². The molecule has 1 aromatic heterocycles. The highest BCUT2D eigenvalue weighted by Crippen LogP contribution is 2.31. The summed E-state index contributed by atoms with van der Waals surface area (Å²) in [5.74, 6) is 0.645. The molecular weight excluding hydrogens is 240 g/mol. The summed E-state index contributed by atoms with van der Waals surface area (Å²) in [4.78, 5) is 12.1. The first kappa shape index (κ1) is 12.9. The number of para-hydroxylation sites is 1. The van der Waals surface area contributed by atoms with Gasteiger partial charge < -0.3 is 9.30 Å². The number of nitrogens with zero attached hydrogens (tertiary/aromatic N) is 2. The molecule has 2 aromatic rings. The van der Waals surface area contributed by atoms with Gasteiger partial charge in [-0.25, -0.2) is 0 Å². The number of pyridine rings is 1. The maximum absolute atomic E-state index is 12.1. The number of ether oxygens (including phenoxy) is 1. The minimum Gasteiger partial charge on any atom is -0.496 e. The molecule has 4 heteroatoms. The third-order valence-electron chi connectivity index (χ3n) is 3.18. The first-order valence-electron chi connectivity index (χ1n) is 5.84. The highest BCUT2D eigenvalue weighted by atomic mass is 16.5. The standard InChI is InChI=1S/C15H14N2O2/c1-10-8-12(13(9-16)15(18)17(10)2)11-6-4-5-7-14(11)19-3/h4-8H,1-3H3. The third kappa shape index (κ3) is 2.11. The molecule has 0 atom stereocenters. The second-order valence-corrected chi connectivity index (χ2v) is 4.25. The van der Waals surface area contributed by atoms with Crippen LogP contribution in [0.2, 0.25) is 0 Å². The van der Waals surface area contributed by atoms with E-state index in [1.165, 1.54) is 4.57 Å². The lowest BCUT2D eigenvalue weighted by molar-refractivity contribution is 0.416. The first-order chi connectivity index (χ1) is 9.10. The molecule has 0 radical (unpaired) electrons. The normalized spacial score (nSPS) is 10.0. The molecule has 0 aliphatic rings. The second kappa shape index (κ2) is 4.99. The van der Waals surface area contributed by atoms with E-state index in [9.17, 15) is 10.1 Å². The van der Waals surface area contributed by atoms with Crippen molar-refractivity contribution in [2.75, 3.05) is 7.11 Å². The van der Waals surface area contributed by atoms with Gasteiger partial charge in [-0.15, -0.1) is 0 Å². The average molecular weight is 254 g/mol. The Kier molecular flexibility index (Phi) is 3.39. The smallest absolute Gasteiger partial charge is 0.269 e. The zero-order valence-corrected chi connectivity index (χ0v) is 11.1. The molecule has 0 saturated heterocycles. The van der Waals surface area contributed by atoms with Crippen molar-refractivity contribution in [3.8, 4) is 22.9 Å². The maximum atomic E-state index is 12.1. The summed E-state index contributed by atoms with van der Waals surface area (Å²) < 4.78 is 6.76. The minimum atomic E-state index is -0.289. The second-order valence-electron chi connectivity index (χ2n) is 4.25. The van der Waals surface area contributed by atoms with Gasteiger partial charge in [-0.1, -0.05) is 18.2 Å². The summed E-state index contributed by atoms with van der Waals surface area (Å²) in [5, 5.41) is 9.24. The van der Waals surface area contributed by atoms with Crippen molar-refractivity contribution in [3.63, 3.8) is 0 Å². The summed E-state index contributed by atoms with van der Waals surface area (Å²) in [6, 6.07) is 11.2. The Bertz CT molecular complexity index is 724. The predicted molar refractivity (Wildman–Crippen MR) is 73.1 cm³/mol. The molecule has 2 rings (SSSR count). The van der Waals surface area contributed by atoms with Gasteiger partial charge in [-0.05, 0) is 19.1 Å². The molecule has 96 valence electrons. The summed E-state index contributed by atoms with van der Waals surface area (Å²) in [6.07, 6.45) is 0. The Morgan fingerprint density at radius 1 is 1.26 bits per heavy atom. The molecule has 0 N–H and O–H groups in total. The van der Waals surface area contributed by atoms with E-state index in [0.29, 0.717) is 11.3 Å². The van der Waals surface area contributed by atoms with E-state index in [2.05, 4.69) is 0 Å². The van der Waals surface area contributed by atoms with E-state index in [1.54, 1.807) is 14.2 Å². The summed E-state index contributed by atoms with van der Waals surface area (Å²) in [7, 11) is 3.23. The van der Waals surface area contributed by atoms with Crippen LogP contribution >= 0.6 is 0 Å². The van der Waals surface area contributed by atoms with E-state index in [1.807, 2.05) is 43.3 Å². The lowest BCUT2D eigenvalue weighted by Gasteiger charge is -2.12. The van der Waals surface area contributed by atoms with Crippen LogP contribution in [0.5, 0.6) is 5.75 Å². The molecule has 0 spiro atoms. The zero-order valence-electron chi connectivity index (χ0n) is 11.1. The quantitative estimate of drug-likeness (QED) is 0.825. The Morgan fingerprint density at radius 3 is 2.58 bits per heavy atom. The molecular formula is C15H14N2O2. The number of benzene rings is 1. The molecule has 0 saturated carbocycles. The van der Waals surface area contributed by atoms with Crippen LogP contribution in [0.1, 0.15) is 11.3 Å². The van der Waals surface area contributed by atoms with Crippen molar-refractivity contribution < 1.29 is 4.74 Å². The molecule has 0 fully saturated rings. The topological polar surface area (TPSA) is 55.0 Å². The fourth-order valence-electron chi connectivity index (χ4n) is 2.01. The predicted octanol–water partition coefficient (Wildman–Crippen LogP) is 2.24. The maximum Gasteiger partial charge on any atom is 0.269 e. The fourth-order valence-corrected chi connectivity index (χ4v) is 2.01. The van der Waals surface area contributed by atoms with Gasteiger partial charge in [-0.2, -0.15) is 5.26 Å². The van der Waals surface area contributed by atoms with E-state index in [0.717, 1.165) is 11.3 Å². The molecule has 1 heterocycles. The van der Waals surface area contributed by atoms with E-state index in [4.69, 9.17) is 4.74 Å². The Balaban J connectivity index is 2.84. The van der Waals surface area contributed by atoms with Crippen molar-refractivity contribution in [2.24, 2.45) is 7.05 Å². The van der Waals surface area contributed by atoms with Crippen LogP contribution in [0.25, 0.3) is 11.1 Å². The number of aromatic nitrogens is 1. The lowest BCUT2D eigenvalue weighted by Crippen LogP contribution is -2.22. The molecule has 1 aromatic carbocycles. The third-order valence-corrected chi connectivity index (χ3v) is 3.18. The summed E-state index contributed by atoms with van der Waals surface area (Å²) in [5.41, 5.74) is 2.01. The van der Waals surface area contributed by atoms with Gasteiger partial charge in [0.2, 0.25) is 0 Å². The van der Waals surface area contributed by atoms with Crippen molar-refractivity contribution >= 4 is 0 Å². The van der Waals surface area contributed by atoms with Crippen molar-refractivity contribution in [1.29, 1.82) is 5.26 Å². The minimum absolute atomic E-state index is 0.137. The van der Waals surface area contributed by atoms with Crippen LogP contribution in [0.15, 0.2) is 35.1 Å². The molecule has 0 unspecified atom stereocenters. The van der Waals surface area contributed by atoms with E-state index in [-0.39, 0.29) is 11.1 Å². The Morgan fingerprint density at radius 2 is 1.95 bits per heavy atom. The van der Waals surface area contributed by atoms with Crippen LogP contribution in [-0.2, 0) is 7.05 Å². The lowest BCUT2D eigenvalue weighted by atomic mass is 10.00. The molecule has 4 nitrogen and oxygen atoms in total. The largest absolute Gasteiger partial charge is 0.496 e. The number of nitriles is 1. The molecule has 0 aliphatic heterocycles. The number of hydrogen-bond acceptors (Lipinski definition) is 3. The number of aryl methyl sites for hydroxylation is 1. The summed E-state index contributed by atoms with van der Waals surface area (Å²) >= 11 is 0. The molecule has 0 bridgehead atoms. The van der Waals surface area contributed by atoms with Crippen LogP contribution in [0, 0.1) is 18.3 Å². The Hall–Kier alpha value is -2.54. The molecule has 0 aliphatic carbocycles. The van der Waals surface area contributed by atoms with Gasteiger partial charge >= 0.3 is 0 Å². The monoisotopic (exact) mass is 254 g/mol. The highest BCUT2D eigenvalue weighted by molar-refractivity contribution is 5.75. The van der Waals surface area contributed by atoms with Gasteiger partial charge in [0, 0.05) is 23.9 Å². The SMILES string of the molecule is COc1ccccc1-c1cc(C)n(C)c(=O)c1C#N. The van der Waals surface area contributed by atoms with Crippen LogP contribution < -0.4 is 10.3 Å². The van der Waals surface area contributed by atoms with Gasteiger partial charge in [0.1, 0.15) is 17.4 Å². The highest BCUT2D eigenvalue weighted by Gasteiger charge is 2.15. The zero-order chi connectivity index (χ0) is 14.0. The number of rotatable bonds is 2. The van der Waals surface area contributed by atoms with Crippen LogP contribution in [0.3, 0.4) is 0 Å². The summed E-state index contributed by atoms with van der Waals surface area (Å²) in [6.45, 7) is 1.83. The molecule has 19 heavy (non-hydrogen) atoms. The van der Waals surface area contributed by atoms with Gasteiger partial charge in [0.05, 0.1) is 7.11 Å². The van der Waals surface area contributed by atoms with E-state index < -0.39 is 0 Å². The first-order valence-corrected chi connectivity index (χ1v) is 5.84. The number of hydrogen-bond donors (Lipinski definition) is 0. The number of methoxy groups -OCH3 is 1. The van der Waals surface area contributed by atoms with Gasteiger partial charge in [-0.3, -0.25) is 4.79 Å². The average Bonchev–Trinajstić information content (AvgIpc) is 2.44. The Labute approximate surface area is 111 Å². The van der Waals surface area contributed by atoms with Gasteiger partial charge in [0.25, 0.3) is 5.56 Å². The van der Waals surface area contributed by atoms with Crippen molar-refractivity contribution in [1.82, 2.24) is 4.57 Å².